The summed E-state index contributed by atoms with van der Waals surface area (Å²) in [6.45, 7) is 2.36. The van der Waals surface area contributed by atoms with Gasteiger partial charge in [0, 0.05) is 24.5 Å². The van der Waals surface area contributed by atoms with Crippen LogP contribution in [-0.4, -0.2) is 17.9 Å². The maximum absolute atomic E-state index is 12.6. The first-order valence-corrected chi connectivity index (χ1v) is 7.33. The lowest BCUT2D eigenvalue weighted by Crippen LogP contribution is -2.26. The zero-order valence-electron chi connectivity index (χ0n) is 13.0. The molecule has 0 radical (unpaired) electrons. The van der Waals surface area contributed by atoms with Crippen LogP contribution < -0.4 is 0 Å². The molecule has 0 aliphatic heterocycles. The molecule has 114 valence electrons. The minimum Gasteiger partial charge on any atom is -0.451 e. The zero-order chi connectivity index (χ0) is 16.4. The van der Waals surface area contributed by atoms with Crippen LogP contribution in [0.15, 0.2) is 52.9 Å². The van der Waals surface area contributed by atoms with Crippen molar-refractivity contribution >= 4 is 16.9 Å². The number of fused-ring (bicyclic) bond motifs is 1. The first-order chi connectivity index (χ1) is 11.1. The average Bonchev–Trinajstić information content (AvgIpc) is 2.92. The van der Waals surface area contributed by atoms with Crippen molar-refractivity contribution in [1.82, 2.24) is 4.90 Å². The van der Waals surface area contributed by atoms with E-state index in [1.165, 1.54) is 0 Å². The van der Waals surface area contributed by atoms with Crippen LogP contribution in [-0.2, 0) is 6.54 Å². The molecule has 23 heavy (non-hydrogen) atoms. The fraction of sp³-hybridized carbons (Fsp3) is 0.158. The summed E-state index contributed by atoms with van der Waals surface area (Å²) in [5.74, 6) is 0.227. The van der Waals surface area contributed by atoms with Crippen LogP contribution >= 0.6 is 0 Å². The molecule has 0 atom stereocenters. The second-order valence-corrected chi connectivity index (χ2v) is 5.52. The number of carbonyl (C=O) groups excluding carboxylic acids is 1. The average molecular weight is 304 g/mol. The molecule has 0 aliphatic carbocycles. The Hall–Kier alpha value is -3.06. The fourth-order valence-corrected chi connectivity index (χ4v) is 2.58. The van der Waals surface area contributed by atoms with E-state index >= 15 is 0 Å². The summed E-state index contributed by atoms with van der Waals surface area (Å²) >= 11 is 0. The van der Waals surface area contributed by atoms with Gasteiger partial charge in [0.15, 0.2) is 5.76 Å². The molecule has 4 heteroatoms. The lowest BCUT2D eigenvalue weighted by Gasteiger charge is -2.16. The standard InChI is InChI=1S/C19H16N2O2/c1-13-16-5-3-4-6-17(16)23-18(13)19(22)21(2)12-15-9-7-14(11-20)8-10-15/h3-10H,12H2,1-2H3. The molecule has 0 saturated heterocycles. The number of aryl methyl sites for hydroxylation is 1. The summed E-state index contributed by atoms with van der Waals surface area (Å²) < 4.78 is 5.72. The number of furan rings is 1. The first kappa shape index (κ1) is 14.9. The molecule has 4 nitrogen and oxygen atoms in total. The van der Waals surface area contributed by atoms with E-state index < -0.39 is 0 Å². The third-order valence-corrected chi connectivity index (χ3v) is 3.89. The molecule has 0 N–H and O–H groups in total. The maximum Gasteiger partial charge on any atom is 0.289 e. The summed E-state index contributed by atoms with van der Waals surface area (Å²) in [6.07, 6.45) is 0. The van der Waals surface area contributed by atoms with Crippen molar-refractivity contribution in [3.05, 3.63) is 71.0 Å². The minimum absolute atomic E-state index is 0.150. The number of para-hydroxylation sites is 1. The molecule has 0 saturated carbocycles. The minimum atomic E-state index is -0.150. The van der Waals surface area contributed by atoms with Gasteiger partial charge in [-0.05, 0) is 30.7 Å². The Morgan fingerprint density at radius 1 is 1.17 bits per heavy atom. The summed E-state index contributed by atoms with van der Waals surface area (Å²) in [4.78, 5) is 14.3. The lowest BCUT2D eigenvalue weighted by atomic mass is 10.1. The molecular weight excluding hydrogens is 288 g/mol. The smallest absolute Gasteiger partial charge is 0.289 e. The van der Waals surface area contributed by atoms with E-state index in [0.717, 1.165) is 22.1 Å². The Morgan fingerprint density at radius 2 is 1.87 bits per heavy atom. The normalized spacial score (nSPS) is 10.5. The van der Waals surface area contributed by atoms with Gasteiger partial charge in [0.25, 0.3) is 5.91 Å². The van der Waals surface area contributed by atoms with Crippen LogP contribution in [0.5, 0.6) is 0 Å². The highest BCUT2D eigenvalue weighted by atomic mass is 16.3. The highest BCUT2D eigenvalue weighted by molar-refractivity contribution is 5.98. The molecular formula is C19H16N2O2. The van der Waals surface area contributed by atoms with Crippen LogP contribution in [0.3, 0.4) is 0 Å². The third-order valence-electron chi connectivity index (χ3n) is 3.89. The first-order valence-electron chi connectivity index (χ1n) is 7.33. The predicted molar refractivity (Wildman–Crippen MR) is 87.9 cm³/mol. The number of carbonyl (C=O) groups is 1. The van der Waals surface area contributed by atoms with E-state index in [1.807, 2.05) is 43.3 Å². The Kier molecular flexibility index (Phi) is 3.86. The number of benzene rings is 2. The number of hydrogen-bond donors (Lipinski definition) is 0. The predicted octanol–water partition coefficient (Wildman–Crippen LogP) is 3.89. The number of hydrogen-bond acceptors (Lipinski definition) is 3. The van der Waals surface area contributed by atoms with Crippen LogP contribution in [0.1, 0.15) is 27.2 Å². The Labute approximate surface area is 134 Å². The van der Waals surface area contributed by atoms with Gasteiger partial charge in [-0.3, -0.25) is 4.79 Å². The van der Waals surface area contributed by atoms with Gasteiger partial charge in [0.1, 0.15) is 5.58 Å². The largest absolute Gasteiger partial charge is 0.451 e. The highest BCUT2D eigenvalue weighted by Gasteiger charge is 2.20. The third kappa shape index (κ3) is 2.82. The van der Waals surface area contributed by atoms with E-state index in [0.29, 0.717) is 17.9 Å². The summed E-state index contributed by atoms with van der Waals surface area (Å²) in [7, 11) is 1.74. The number of amides is 1. The van der Waals surface area contributed by atoms with Gasteiger partial charge < -0.3 is 9.32 Å². The van der Waals surface area contributed by atoms with Crippen LogP contribution in [0.2, 0.25) is 0 Å². The van der Waals surface area contributed by atoms with Gasteiger partial charge in [0.05, 0.1) is 11.6 Å². The number of rotatable bonds is 3. The van der Waals surface area contributed by atoms with Crippen molar-refractivity contribution in [2.24, 2.45) is 0 Å². The Morgan fingerprint density at radius 3 is 2.52 bits per heavy atom. The van der Waals surface area contributed by atoms with E-state index in [-0.39, 0.29) is 5.91 Å². The molecule has 3 rings (SSSR count). The van der Waals surface area contributed by atoms with E-state index in [9.17, 15) is 4.79 Å². The number of nitriles is 1. The molecule has 1 amide bonds. The van der Waals surface area contributed by atoms with Crippen LogP contribution in [0.4, 0.5) is 0 Å². The fourth-order valence-electron chi connectivity index (χ4n) is 2.58. The van der Waals surface area contributed by atoms with E-state index in [1.54, 1.807) is 24.1 Å². The topological polar surface area (TPSA) is 57.2 Å². The van der Waals surface area contributed by atoms with Crippen molar-refractivity contribution in [3.8, 4) is 6.07 Å². The molecule has 0 unspecified atom stereocenters. The van der Waals surface area contributed by atoms with Gasteiger partial charge in [-0.1, -0.05) is 30.3 Å². The second-order valence-electron chi connectivity index (χ2n) is 5.52. The van der Waals surface area contributed by atoms with Crippen molar-refractivity contribution in [2.75, 3.05) is 7.05 Å². The summed E-state index contributed by atoms with van der Waals surface area (Å²) in [5, 5.41) is 9.78. The molecule has 1 aromatic heterocycles. The molecule has 0 fully saturated rings. The van der Waals surface area contributed by atoms with Crippen molar-refractivity contribution in [1.29, 1.82) is 5.26 Å². The summed E-state index contributed by atoms with van der Waals surface area (Å²) in [5.41, 5.74) is 3.15. The molecule has 0 aliphatic rings. The molecule has 3 aromatic rings. The molecule has 0 spiro atoms. The van der Waals surface area contributed by atoms with E-state index in [2.05, 4.69) is 6.07 Å². The van der Waals surface area contributed by atoms with Crippen molar-refractivity contribution in [3.63, 3.8) is 0 Å². The van der Waals surface area contributed by atoms with Gasteiger partial charge >= 0.3 is 0 Å². The molecule has 0 bridgehead atoms. The van der Waals surface area contributed by atoms with Crippen molar-refractivity contribution in [2.45, 2.75) is 13.5 Å². The molecule has 1 heterocycles. The van der Waals surface area contributed by atoms with Crippen LogP contribution in [0.25, 0.3) is 11.0 Å². The molecule has 2 aromatic carbocycles. The van der Waals surface area contributed by atoms with Crippen LogP contribution in [0, 0.1) is 18.3 Å². The van der Waals surface area contributed by atoms with Gasteiger partial charge in [-0.2, -0.15) is 5.26 Å². The second kappa shape index (κ2) is 5.98. The summed E-state index contributed by atoms with van der Waals surface area (Å²) in [6, 6.07) is 16.9. The SMILES string of the molecule is Cc1c(C(=O)N(C)Cc2ccc(C#N)cc2)oc2ccccc12. The van der Waals surface area contributed by atoms with Crippen molar-refractivity contribution < 1.29 is 9.21 Å². The maximum atomic E-state index is 12.6. The lowest BCUT2D eigenvalue weighted by molar-refractivity contribution is 0.0755. The highest BCUT2D eigenvalue weighted by Crippen LogP contribution is 2.26. The zero-order valence-corrected chi connectivity index (χ0v) is 13.0. The van der Waals surface area contributed by atoms with Gasteiger partial charge in [-0.25, -0.2) is 0 Å². The number of nitrogens with zero attached hydrogens (tertiary/aromatic N) is 2. The van der Waals surface area contributed by atoms with Gasteiger partial charge in [-0.15, -0.1) is 0 Å². The Bertz CT molecular complexity index is 901. The monoisotopic (exact) mass is 304 g/mol. The van der Waals surface area contributed by atoms with Gasteiger partial charge in [0.2, 0.25) is 0 Å². The quantitative estimate of drug-likeness (QED) is 0.737. The van der Waals surface area contributed by atoms with E-state index in [4.69, 9.17) is 9.68 Å². The Balaban J connectivity index is 1.83.